The largest absolute Gasteiger partial charge is 0.441 e. The maximum Gasteiger partial charge on any atom is 0.219 e. The number of anilines is 2. The van der Waals surface area contributed by atoms with E-state index in [9.17, 15) is 5.48 Å². The SMILES string of the molecule is [2H]c1c([2H])c(C2(c3ccccc3)c3ccccc3-c3ccccc32)c([2H])c([2H])c1N(/C=C/c1c(/C=C/c2nc(/C=C\C)c(C)o2)ccc2c1Cc1ccccc1-2)c1ccc(-c2ccccc2)cc1. The predicted octanol–water partition coefficient (Wildman–Crippen LogP) is 15.6. The van der Waals surface area contributed by atoms with Gasteiger partial charge < -0.3 is 9.32 Å². The fourth-order valence-corrected chi connectivity index (χ4v) is 9.72. The van der Waals surface area contributed by atoms with Crippen molar-refractivity contribution >= 4 is 35.7 Å². The first-order chi connectivity index (χ1) is 33.3. The highest BCUT2D eigenvalue weighted by Crippen LogP contribution is 2.56. The average Bonchev–Trinajstić information content (AvgIpc) is 4.04. The van der Waals surface area contributed by atoms with Gasteiger partial charge in [0.1, 0.15) is 11.5 Å². The third-order valence-corrected chi connectivity index (χ3v) is 12.7. The number of rotatable bonds is 10. The lowest BCUT2D eigenvalue weighted by atomic mass is 9.68. The second-order valence-corrected chi connectivity index (χ2v) is 16.3. The van der Waals surface area contributed by atoms with Crippen LogP contribution in [-0.4, -0.2) is 4.98 Å². The number of benzene rings is 8. The molecule has 3 heteroatoms. The minimum Gasteiger partial charge on any atom is -0.441 e. The topological polar surface area (TPSA) is 29.3 Å². The van der Waals surface area contributed by atoms with Crippen LogP contribution in [0.1, 0.15) is 74.3 Å². The van der Waals surface area contributed by atoms with Crippen LogP contribution in [0.2, 0.25) is 0 Å². The van der Waals surface area contributed by atoms with Crippen LogP contribution in [0.5, 0.6) is 0 Å². The summed E-state index contributed by atoms with van der Waals surface area (Å²) in [6.07, 6.45) is 12.5. The molecule has 0 amide bonds. The number of aryl methyl sites for hydroxylation is 1. The number of oxazole rings is 1. The molecule has 3 nitrogen and oxygen atoms in total. The summed E-state index contributed by atoms with van der Waals surface area (Å²) in [5.41, 5.74) is 14.3. The van der Waals surface area contributed by atoms with Crippen molar-refractivity contribution in [2.24, 2.45) is 0 Å². The van der Waals surface area contributed by atoms with Gasteiger partial charge in [-0.15, -0.1) is 0 Å². The third-order valence-electron chi connectivity index (χ3n) is 12.7. The number of allylic oxidation sites excluding steroid dienone is 1. The van der Waals surface area contributed by atoms with Gasteiger partial charge in [0.25, 0.3) is 0 Å². The highest BCUT2D eigenvalue weighted by molar-refractivity contribution is 5.88. The molecule has 1 heterocycles. The maximum atomic E-state index is 10.1. The molecule has 2 aliphatic carbocycles. The molecule has 0 saturated heterocycles. The quantitative estimate of drug-likeness (QED) is 0.138. The van der Waals surface area contributed by atoms with Gasteiger partial charge in [-0.3, -0.25) is 0 Å². The Kier molecular flexibility index (Phi) is 8.83. The molecule has 0 aliphatic heterocycles. The van der Waals surface area contributed by atoms with Crippen molar-refractivity contribution in [2.75, 3.05) is 4.90 Å². The van der Waals surface area contributed by atoms with E-state index in [1.807, 2.05) is 146 Å². The molecule has 8 aromatic carbocycles. The standard InChI is InChI=1S/C61H46N2O/c1-3-16-59-42(2)64-60(62-59)38-30-45-29-37-53-51-22-11-10-19-46(51)41-56(53)52(45)39-40-63(49-33-27-44(28-34-49)43-17-6-4-7-18-43)50-35-31-48(32-36-50)61(47-20-8-5-9-21-47)57-25-14-12-23-54(57)55-24-13-15-26-58(55)61/h3-40H,41H2,1-2H3/b16-3-,38-30+,40-39+/i31D,32D,35D,36D. The maximum absolute atomic E-state index is 10.1. The summed E-state index contributed by atoms with van der Waals surface area (Å²) in [6, 6.07) is 56.8. The summed E-state index contributed by atoms with van der Waals surface area (Å²) in [5, 5.41) is 0. The Morgan fingerprint density at radius 1 is 0.562 bits per heavy atom. The molecular weight excluding hydrogens is 777 g/mol. The van der Waals surface area contributed by atoms with Gasteiger partial charge in [0.15, 0.2) is 0 Å². The molecule has 0 bridgehead atoms. The summed E-state index contributed by atoms with van der Waals surface area (Å²) in [6.45, 7) is 3.87. The van der Waals surface area contributed by atoms with Gasteiger partial charge in [-0.1, -0.05) is 176 Å². The van der Waals surface area contributed by atoms with Crippen LogP contribution in [0.15, 0.2) is 211 Å². The van der Waals surface area contributed by atoms with Gasteiger partial charge >= 0.3 is 0 Å². The van der Waals surface area contributed by atoms with E-state index in [-0.39, 0.29) is 29.9 Å². The van der Waals surface area contributed by atoms with E-state index in [0.717, 1.165) is 79.1 Å². The fourth-order valence-electron chi connectivity index (χ4n) is 9.72. The third kappa shape index (κ3) is 6.65. The summed E-state index contributed by atoms with van der Waals surface area (Å²) < 4.78 is 46.4. The molecule has 0 spiro atoms. The van der Waals surface area contributed by atoms with E-state index in [1.165, 1.54) is 11.1 Å². The number of hydrogen-bond acceptors (Lipinski definition) is 3. The zero-order valence-electron chi connectivity index (χ0n) is 39.6. The van der Waals surface area contributed by atoms with E-state index in [0.29, 0.717) is 17.1 Å². The predicted molar refractivity (Wildman–Crippen MR) is 266 cm³/mol. The van der Waals surface area contributed by atoms with Crippen molar-refractivity contribution < 1.29 is 9.90 Å². The molecule has 1 aromatic heterocycles. The lowest BCUT2D eigenvalue weighted by Gasteiger charge is -2.34. The molecule has 64 heavy (non-hydrogen) atoms. The Labute approximate surface area is 381 Å². The molecule has 11 rings (SSSR count). The highest BCUT2D eigenvalue weighted by atomic mass is 16.4. The van der Waals surface area contributed by atoms with Crippen molar-refractivity contribution in [1.82, 2.24) is 4.98 Å². The smallest absolute Gasteiger partial charge is 0.219 e. The molecule has 0 N–H and O–H groups in total. The first-order valence-electron chi connectivity index (χ1n) is 23.8. The van der Waals surface area contributed by atoms with E-state index >= 15 is 0 Å². The molecule has 0 radical (unpaired) electrons. The summed E-state index contributed by atoms with van der Waals surface area (Å²) in [7, 11) is 0. The molecule has 0 atom stereocenters. The molecule has 2 aliphatic rings. The van der Waals surface area contributed by atoms with Crippen molar-refractivity contribution in [1.29, 1.82) is 0 Å². The average molecular weight is 827 g/mol. The Morgan fingerprint density at radius 3 is 1.89 bits per heavy atom. The molecule has 0 unspecified atom stereocenters. The minimum atomic E-state index is -1.12. The Hall–Kier alpha value is -8.01. The monoisotopic (exact) mass is 826 g/mol. The molecule has 0 fully saturated rings. The van der Waals surface area contributed by atoms with E-state index < -0.39 is 5.41 Å². The summed E-state index contributed by atoms with van der Waals surface area (Å²) >= 11 is 0. The van der Waals surface area contributed by atoms with Crippen molar-refractivity contribution in [3.63, 3.8) is 0 Å². The van der Waals surface area contributed by atoms with Crippen molar-refractivity contribution in [3.05, 3.63) is 268 Å². The number of fused-ring (bicyclic) bond motifs is 6. The van der Waals surface area contributed by atoms with Crippen LogP contribution < -0.4 is 4.90 Å². The number of aromatic nitrogens is 1. The first kappa shape index (κ1) is 34.6. The van der Waals surface area contributed by atoms with E-state index in [2.05, 4.69) is 78.9 Å². The Bertz CT molecular complexity index is 3420. The van der Waals surface area contributed by atoms with Crippen LogP contribution in [0.25, 0.3) is 57.7 Å². The van der Waals surface area contributed by atoms with Crippen LogP contribution in [0.3, 0.4) is 0 Å². The number of nitrogens with zero attached hydrogens (tertiary/aromatic N) is 2. The van der Waals surface area contributed by atoms with Crippen molar-refractivity contribution in [2.45, 2.75) is 25.7 Å². The number of hydrogen-bond donors (Lipinski definition) is 0. The lowest BCUT2D eigenvalue weighted by Crippen LogP contribution is -2.28. The lowest BCUT2D eigenvalue weighted by molar-refractivity contribution is 0.516. The Morgan fingerprint density at radius 2 is 1.19 bits per heavy atom. The van der Waals surface area contributed by atoms with Crippen LogP contribution in [0, 0.1) is 6.92 Å². The minimum absolute atomic E-state index is 0.103. The fraction of sp³-hybridized carbons (Fsp3) is 0.0656. The van der Waals surface area contributed by atoms with E-state index in [4.69, 9.17) is 9.40 Å². The summed E-state index contributed by atoms with van der Waals surface area (Å²) in [5.74, 6) is 1.24. The second kappa shape index (κ2) is 16.4. The molecule has 306 valence electrons. The van der Waals surface area contributed by atoms with Crippen LogP contribution in [0.4, 0.5) is 11.4 Å². The van der Waals surface area contributed by atoms with Crippen LogP contribution in [-0.2, 0) is 11.8 Å². The zero-order valence-corrected chi connectivity index (χ0v) is 35.6. The van der Waals surface area contributed by atoms with Gasteiger partial charge in [-0.25, -0.2) is 4.98 Å². The highest BCUT2D eigenvalue weighted by Gasteiger charge is 2.45. The zero-order chi connectivity index (χ0) is 46.5. The van der Waals surface area contributed by atoms with Crippen LogP contribution >= 0.6 is 0 Å². The normalized spacial score (nSPS) is 14.2. The van der Waals surface area contributed by atoms with Crippen molar-refractivity contribution in [3.8, 4) is 33.4 Å². The van der Waals surface area contributed by atoms with Gasteiger partial charge in [0.2, 0.25) is 5.89 Å². The van der Waals surface area contributed by atoms with E-state index in [1.54, 1.807) is 0 Å². The Balaban J connectivity index is 1.12. The molecular formula is C61H46N2O. The van der Waals surface area contributed by atoms with Gasteiger partial charge in [-0.05, 0) is 141 Å². The first-order valence-corrected chi connectivity index (χ1v) is 21.8. The molecule has 9 aromatic rings. The summed E-state index contributed by atoms with van der Waals surface area (Å²) in [4.78, 5) is 6.53. The van der Waals surface area contributed by atoms with Gasteiger partial charge in [-0.2, -0.15) is 0 Å². The van der Waals surface area contributed by atoms with Gasteiger partial charge in [0, 0.05) is 23.7 Å². The molecule has 0 saturated carbocycles. The second-order valence-electron chi connectivity index (χ2n) is 16.3. The van der Waals surface area contributed by atoms with Gasteiger partial charge in [0.05, 0.1) is 10.9 Å².